The van der Waals surface area contributed by atoms with E-state index in [9.17, 15) is 18.4 Å². The summed E-state index contributed by atoms with van der Waals surface area (Å²) in [6, 6.07) is 11.1. The number of alkyl halides is 2. The highest BCUT2D eigenvalue weighted by atomic mass is 19.3. The molecule has 2 amide bonds. The minimum atomic E-state index is -2.59. The summed E-state index contributed by atoms with van der Waals surface area (Å²) in [5.41, 5.74) is 0.750. The number of hydrogen-bond donors (Lipinski definition) is 2. The van der Waals surface area contributed by atoms with Gasteiger partial charge in [-0.25, -0.2) is 23.5 Å². The van der Waals surface area contributed by atoms with Crippen LogP contribution in [0, 0.1) is 11.8 Å². The van der Waals surface area contributed by atoms with E-state index in [0.717, 1.165) is 11.6 Å². The number of nitrogens with one attached hydrogen (secondary N) is 1. The molecule has 0 radical (unpaired) electrons. The van der Waals surface area contributed by atoms with E-state index in [2.05, 4.69) is 15.3 Å². The number of amides is 2. The molecule has 0 bridgehead atoms. The van der Waals surface area contributed by atoms with Gasteiger partial charge in [-0.2, -0.15) is 0 Å². The molecular formula is C22H18F2N4O4. The van der Waals surface area contributed by atoms with Crippen molar-refractivity contribution < 1.29 is 28.2 Å². The van der Waals surface area contributed by atoms with Crippen LogP contribution in [0.2, 0.25) is 0 Å². The number of ether oxygens (including phenoxy) is 1. The van der Waals surface area contributed by atoms with Crippen molar-refractivity contribution in [1.29, 1.82) is 0 Å². The number of pyridine rings is 2. The Bertz CT molecular complexity index is 1190. The molecule has 1 saturated carbocycles. The van der Waals surface area contributed by atoms with Crippen molar-refractivity contribution >= 4 is 22.9 Å². The number of benzene rings is 1. The number of rotatable bonds is 5. The van der Waals surface area contributed by atoms with Crippen LogP contribution >= 0.6 is 0 Å². The predicted molar refractivity (Wildman–Crippen MR) is 109 cm³/mol. The van der Waals surface area contributed by atoms with E-state index >= 15 is 0 Å². The van der Waals surface area contributed by atoms with Gasteiger partial charge in [-0.3, -0.25) is 4.79 Å². The number of halogens is 2. The maximum atomic E-state index is 12.8. The third kappa shape index (κ3) is 3.79. The topological polar surface area (TPSA) is 105 Å². The molecule has 2 N–H and O–H groups in total. The molecular weight excluding hydrogens is 422 g/mol. The Balaban J connectivity index is 1.26. The summed E-state index contributed by atoms with van der Waals surface area (Å²) in [7, 11) is 0. The summed E-state index contributed by atoms with van der Waals surface area (Å²) in [6.45, 7) is 1.02. The van der Waals surface area contributed by atoms with Gasteiger partial charge in [0.25, 0.3) is 12.3 Å². The van der Waals surface area contributed by atoms with Gasteiger partial charge in [-0.15, -0.1) is 0 Å². The molecule has 0 unspecified atom stereocenters. The first-order valence-corrected chi connectivity index (χ1v) is 10.0. The van der Waals surface area contributed by atoms with E-state index < -0.39 is 12.5 Å². The third-order valence-electron chi connectivity index (χ3n) is 5.88. The number of carbonyl (C=O) groups is 2. The standard InChI is InChI=1S/C22H18F2N4O4/c23-20(24)12-2-6-18(25-8-12)32-13-3-5-16-11(7-13)1-4-17(26-16)21(29)28-9-14-15(10-28)19(14)27-22(30)31/h1-8,14-15,19-20,27H,9-10H2,(H,30,31)/t14-,15+,19+. The predicted octanol–water partition coefficient (Wildman–Crippen LogP) is 3.70. The normalized spacial score (nSPS) is 21.5. The fourth-order valence-electron chi connectivity index (χ4n) is 4.20. The molecule has 1 aromatic carbocycles. The summed E-state index contributed by atoms with van der Waals surface area (Å²) in [5.74, 6) is 0.804. The van der Waals surface area contributed by atoms with Crippen LogP contribution in [-0.2, 0) is 0 Å². The molecule has 3 aromatic rings. The lowest BCUT2D eigenvalue weighted by molar-refractivity contribution is 0.0766. The molecule has 164 valence electrons. The van der Waals surface area contributed by atoms with Crippen LogP contribution < -0.4 is 10.1 Å². The van der Waals surface area contributed by atoms with Gasteiger partial charge >= 0.3 is 6.09 Å². The SMILES string of the molecule is O=C(O)N[C@H]1[C@@H]2CN(C(=O)c3ccc4cc(Oc5ccc(C(F)F)cn5)ccc4n3)C[C@@H]21. The Hall–Kier alpha value is -3.82. The Morgan fingerprint density at radius 3 is 2.56 bits per heavy atom. The van der Waals surface area contributed by atoms with Gasteiger partial charge in [0.05, 0.1) is 5.52 Å². The number of likely N-dealkylation sites (tertiary alicyclic amines) is 1. The smallest absolute Gasteiger partial charge is 0.404 e. The lowest BCUT2D eigenvalue weighted by Gasteiger charge is -2.19. The van der Waals surface area contributed by atoms with Gasteiger partial charge in [0.2, 0.25) is 5.88 Å². The quantitative estimate of drug-likeness (QED) is 0.627. The Morgan fingerprint density at radius 2 is 1.91 bits per heavy atom. The summed E-state index contributed by atoms with van der Waals surface area (Å²) in [4.78, 5) is 33.6. The molecule has 2 aliphatic rings. The Labute approximate surface area is 180 Å². The average molecular weight is 440 g/mol. The van der Waals surface area contributed by atoms with Crippen LogP contribution in [-0.4, -0.2) is 51.1 Å². The molecule has 1 aliphatic carbocycles. The van der Waals surface area contributed by atoms with Crippen molar-refractivity contribution in [2.45, 2.75) is 12.5 Å². The number of carboxylic acid groups (broad SMARTS) is 1. The van der Waals surface area contributed by atoms with E-state index in [4.69, 9.17) is 9.84 Å². The maximum absolute atomic E-state index is 12.8. The zero-order valence-corrected chi connectivity index (χ0v) is 16.6. The highest BCUT2D eigenvalue weighted by Gasteiger charge is 2.57. The van der Waals surface area contributed by atoms with Crippen LogP contribution in [0.4, 0.5) is 13.6 Å². The monoisotopic (exact) mass is 440 g/mol. The van der Waals surface area contributed by atoms with Crippen LogP contribution in [0.1, 0.15) is 22.5 Å². The Kier molecular flexibility index (Phi) is 4.84. The second kappa shape index (κ2) is 7.70. The minimum Gasteiger partial charge on any atom is -0.465 e. The van der Waals surface area contributed by atoms with Gasteiger partial charge in [0.1, 0.15) is 11.4 Å². The first kappa shape index (κ1) is 20.1. The molecule has 1 saturated heterocycles. The highest BCUT2D eigenvalue weighted by Crippen LogP contribution is 2.45. The number of hydrogen-bond acceptors (Lipinski definition) is 5. The lowest BCUT2D eigenvalue weighted by atomic mass is 10.2. The van der Waals surface area contributed by atoms with Crippen LogP contribution in [0.5, 0.6) is 11.6 Å². The van der Waals surface area contributed by atoms with Crippen LogP contribution in [0.3, 0.4) is 0 Å². The summed E-state index contributed by atoms with van der Waals surface area (Å²) >= 11 is 0. The molecule has 10 heteroatoms. The number of piperidine rings is 1. The zero-order valence-electron chi connectivity index (χ0n) is 16.6. The molecule has 8 nitrogen and oxygen atoms in total. The van der Waals surface area contributed by atoms with Crippen molar-refractivity contribution in [2.24, 2.45) is 11.8 Å². The lowest BCUT2D eigenvalue weighted by Crippen LogP contribution is -2.37. The van der Waals surface area contributed by atoms with E-state index in [1.54, 1.807) is 35.2 Å². The van der Waals surface area contributed by atoms with Crippen molar-refractivity contribution in [3.63, 3.8) is 0 Å². The number of aromatic nitrogens is 2. The molecule has 5 rings (SSSR count). The molecule has 2 fully saturated rings. The summed E-state index contributed by atoms with van der Waals surface area (Å²) in [6.07, 6.45) is -2.56. The van der Waals surface area contributed by atoms with Crippen molar-refractivity contribution in [1.82, 2.24) is 20.2 Å². The maximum Gasteiger partial charge on any atom is 0.404 e. The Morgan fingerprint density at radius 1 is 1.12 bits per heavy atom. The zero-order chi connectivity index (χ0) is 22.4. The van der Waals surface area contributed by atoms with Crippen LogP contribution in [0.15, 0.2) is 48.7 Å². The van der Waals surface area contributed by atoms with E-state index in [1.807, 2.05) is 0 Å². The van der Waals surface area contributed by atoms with Crippen molar-refractivity contribution in [3.05, 3.63) is 59.9 Å². The van der Waals surface area contributed by atoms with E-state index in [1.165, 1.54) is 12.1 Å². The molecule has 2 aromatic heterocycles. The number of fused-ring (bicyclic) bond motifs is 2. The van der Waals surface area contributed by atoms with E-state index in [0.29, 0.717) is 30.0 Å². The summed E-state index contributed by atoms with van der Waals surface area (Å²) in [5, 5.41) is 12.1. The fourth-order valence-corrected chi connectivity index (χ4v) is 4.20. The van der Waals surface area contributed by atoms with Crippen molar-refractivity contribution in [3.8, 4) is 11.6 Å². The van der Waals surface area contributed by atoms with Crippen LogP contribution in [0.25, 0.3) is 10.9 Å². The number of nitrogens with zero attached hydrogens (tertiary/aromatic N) is 3. The average Bonchev–Trinajstić information content (AvgIpc) is 3.19. The minimum absolute atomic E-state index is 0.0689. The van der Waals surface area contributed by atoms with Gasteiger partial charge in [0.15, 0.2) is 0 Å². The molecule has 32 heavy (non-hydrogen) atoms. The first-order chi connectivity index (χ1) is 15.4. The highest BCUT2D eigenvalue weighted by molar-refractivity contribution is 5.95. The second-order valence-corrected chi connectivity index (χ2v) is 7.90. The summed E-state index contributed by atoms with van der Waals surface area (Å²) < 4.78 is 30.9. The van der Waals surface area contributed by atoms with Crippen molar-refractivity contribution in [2.75, 3.05) is 13.1 Å². The van der Waals surface area contributed by atoms with Gasteiger partial charge in [-0.05, 0) is 30.3 Å². The second-order valence-electron chi connectivity index (χ2n) is 7.90. The fraction of sp³-hybridized carbons (Fsp3) is 0.273. The molecule has 3 atom stereocenters. The molecule has 1 aliphatic heterocycles. The first-order valence-electron chi connectivity index (χ1n) is 10.0. The van der Waals surface area contributed by atoms with Gasteiger partial charge < -0.3 is 20.1 Å². The van der Waals surface area contributed by atoms with Gasteiger partial charge in [0, 0.05) is 54.2 Å². The molecule has 0 spiro atoms. The molecule has 3 heterocycles. The number of carbonyl (C=O) groups excluding carboxylic acids is 1. The third-order valence-corrected chi connectivity index (χ3v) is 5.88. The van der Waals surface area contributed by atoms with E-state index in [-0.39, 0.29) is 35.2 Å². The largest absolute Gasteiger partial charge is 0.465 e. The van der Waals surface area contributed by atoms with Gasteiger partial charge in [-0.1, -0.05) is 6.07 Å².